The maximum atomic E-state index is 11.9. The Balaban J connectivity index is 2.40. The van der Waals surface area contributed by atoms with Crippen LogP contribution in [0.15, 0.2) is 24.3 Å². The molecule has 0 radical (unpaired) electrons. The zero-order valence-electron chi connectivity index (χ0n) is 7.55. The van der Waals surface area contributed by atoms with Crippen LogP contribution in [-0.4, -0.2) is 11.6 Å². The zero-order chi connectivity index (χ0) is 10.1. The number of hydrogen-bond acceptors (Lipinski definition) is 1. The van der Waals surface area contributed by atoms with E-state index in [1.807, 2.05) is 13.0 Å². The summed E-state index contributed by atoms with van der Waals surface area (Å²) >= 11 is 0. The van der Waals surface area contributed by atoms with Crippen molar-refractivity contribution in [1.29, 1.82) is 0 Å². The summed E-state index contributed by atoms with van der Waals surface area (Å²) in [6, 6.07) is 6.71. The molecule has 0 bridgehead atoms. The SMILES string of the molecule is Cc1cc2cc(OC(F)F)ccc2[nH]1. The molecule has 2 nitrogen and oxygen atoms in total. The summed E-state index contributed by atoms with van der Waals surface area (Å²) < 4.78 is 28.1. The molecule has 0 unspecified atom stereocenters. The first-order valence-electron chi connectivity index (χ1n) is 4.19. The molecule has 4 heteroatoms. The Bertz CT molecular complexity index is 450. The van der Waals surface area contributed by atoms with Crippen LogP contribution in [0, 0.1) is 6.92 Å². The van der Waals surface area contributed by atoms with Crippen LogP contribution < -0.4 is 4.74 Å². The summed E-state index contributed by atoms with van der Waals surface area (Å²) in [6.45, 7) is -0.860. The van der Waals surface area contributed by atoms with Crippen molar-refractivity contribution in [2.45, 2.75) is 13.5 Å². The van der Waals surface area contributed by atoms with Crippen LogP contribution in [0.4, 0.5) is 8.78 Å². The number of alkyl halides is 2. The fourth-order valence-electron chi connectivity index (χ4n) is 1.43. The van der Waals surface area contributed by atoms with Crippen LogP contribution in [0.5, 0.6) is 5.75 Å². The molecule has 0 saturated heterocycles. The highest BCUT2D eigenvalue weighted by molar-refractivity contribution is 5.81. The summed E-state index contributed by atoms with van der Waals surface area (Å²) in [5.41, 5.74) is 1.92. The molecule has 0 amide bonds. The molecule has 2 aromatic rings. The van der Waals surface area contributed by atoms with E-state index in [1.165, 1.54) is 6.07 Å². The van der Waals surface area contributed by atoms with Crippen LogP contribution in [-0.2, 0) is 0 Å². The van der Waals surface area contributed by atoms with Gasteiger partial charge in [-0.15, -0.1) is 0 Å². The Morgan fingerprint density at radius 2 is 2.07 bits per heavy atom. The van der Waals surface area contributed by atoms with Gasteiger partial charge in [-0.1, -0.05) is 0 Å². The van der Waals surface area contributed by atoms with Gasteiger partial charge in [-0.2, -0.15) is 8.78 Å². The van der Waals surface area contributed by atoms with Gasteiger partial charge in [0.1, 0.15) is 5.75 Å². The standard InChI is InChI=1S/C10H9F2NO/c1-6-4-7-5-8(14-10(11)12)2-3-9(7)13-6/h2-5,10,13H,1H3. The van der Waals surface area contributed by atoms with Crippen LogP contribution in [0.1, 0.15) is 5.69 Å². The fourth-order valence-corrected chi connectivity index (χ4v) is 1.43. The smallest absolute Gasteiger partial charge is 0.387 e. The van der Waals surface area contributed by atoms with Crippen molar-refractivity contribution in [3.05, 3.63) is 30.0 Å². The molecule has 1 N–H and O–H groups in total. The lowest BCUT2D eigenvalue weighted by molar-refractivity contribution is -0.0497. The summed E-state index contributed by atoms with van der Waals surface area (Å²) in [6.07, 6.45) is 0. The molecular formula is C10H9F2NO. The minimum absolute atomic E-state index is 0.187. The lowest BCUT2D eigenvalue weighted by atomic mass is 10.2. The van der Waals surface area contributed by atoms with Crippen molar-refractivity contribution in [3.8, 4) is 5.75 Å². The van der Waals surface area contributed by atoms with Gasteiger partial charge in [0.25, 0.3) is 0 Å². The van der Waals surface area contributed by atoms with Crippen LogP contribution in [0.2, 0.25) is 0 Å². The zero-order valence-corrected chi connectivity index (χ0v) is 7.55. The number of hydrogen-bond donors (Lipinski definition) is 1. The summed E-state index contributed by atoms with van der Waals surface area (Å²) in [4.78, 5) is 3.10. The number of rotatable bonds is 2. The summed E-state index contributed by atoms with van der Waals surface area (Å²) in [5, 5.41) is 0.876. The van der Waals surface area contributed by atoms with Crippen molar-refractivity contribution in [2.75, 3.05) is 0 Å². The van der Waals surface area contributed by atoms with Crippen LogP contribution >= 0.6 is 0 Å². The minimum atomic E-state index is -2.77. The first-order valence-corrected chi connectivity index (χ1v) is 4.19. The van der Waals surface area contributed by atoms with E-state index in [4.69, 9.17) is 0 Å². The van der Waals surface area contributed by atoms with Crippen molar-refractivity contribution in [1.82, 2.24) is 4.98 Å². The molecule has 1 heterocycles. The van der Waals surface area contributed by atoms with E-state index < -0.39 is 6.61 Å². The lowest BCUT2D eigenvalue weighted by Crippen LogP contribution is -2.01. The third kappa shape index (κ3) is 1.69. The van der Waals surface area contributed by atoms with E-state index in [0.29, 0.717) is 0 Å². The minimum Gasteiger partial charge on any atom is -0.435 e. The number of H-pyrrole nitrogens is 1. The first-order chi connectivity index (χ1) is 6.65. The van der Waals surface area contributed by atoms with E-state index in [1.54, 1.807) is 12.1 Å². The second-order valence-electron chi connectivity index (χ2n) is 3.08. The van der Waals surface area contributed by atoms with Gasteiger partial charge >= 0.3 is 6.61 Å². The number of halogens is 2. The van der Waals surface area contributed by atoms with Gasteiger partial charge in [-0.25, -0.2) is 0 Å². The van der Waals surface area contributed by atoms with Gasteiger partial charge in [-0.05, 0) is 31.2 Å². The monoisotopic (exact) mass is 197 g/mol. The molecule has 14 heavy (non-hydrogen) atoms. The number of fused-ring (bicyclic) bond motifs is 1. The molecule has 0 spiro atoms. The highest BCUT2D eigenvalue weighted by Gasteiger charge is 2.05. The maximum Gasteiger partial charge on any atom is 0.387 e. The van der Waals surface area contributed by atoms with Crippen LogP contribution in [0.3, 0.4) is 0 Å². The van der Waals surface area contributed by atoms with E-state index in [2.05, 4.69) is 9.72 Å². The first kappa shape index (κ1) is 8.99. The molecule has 74 valence electrons. The third-order valence-electron chi connectivity index (χ3n) is 1.95. The summed E-state index contributed by atoms with van der Waals surface area (Å²) in [7, 11) is 0. The van der Waals surface area contributed by atoms with Crippen molar-refractivity contribution >= 4 is 10.9 Å². The second kappa shape index (κ2) is 3.29. The predicted octanol–water partition coefficient (Wildman–Crippen LogP) is 3.08. The molecule has 0 saturated carbocycles. The normalized spacial score (nSPS) is 11.1. The number of aromatic nitrogens is 1. The molecule has 0 aliphatic heterocycles. The highest BCUT2D eigenvalue weighted by atomic mass is 19.3. The Hall–Kier alpha value is -1.58. The van der Waals surface area contributed by atoms with Gasteiger partial charge < -0.3 is 9.72 Å². The van der Waals surface area contributed by atoms with Gasteiger partial charge in [0.15, 0.2) is 0 Å². The Kier molecular flexibility index (Phi) is 2.11. The summed E-state index contributed by atoms with van der Waals surface area (Å²) in [5.74, 6) is 0.187. The average molecular weight is 197 g/mol. The molecule has 0 aliphatic rings. The van der Waals surface area contributed by atoms with E-state index in [9.17, 15) is 8.78 Å². The van der Waals surface area contributed by atoms with Crippen molar-refractivity contribution in [2.24, 2.45) is 0 Å². The van der Waals surface area contributed by atoms with Gasteiger partial charge in [-0.3, -0.25) is 0 Å². The largest absolute Gasteiger partial charge is 0.435 e. The molecule has 0 atom stereocenters. The molecule has 2 rings (SSSR count). The van der Waals surface area contributed by atoms with Crippen molar-refractivity contribution < 1.29 is 13.5 Å². The molecular weight excluding hydrogens is 188 g/mol. The number of ether oxygens (including phenoxy) is 1. The number of aromatic amines is 1. The van der Waals surface area contributed by atoms with Gasteiger partial charge in [0.2, 0.25) is 0 Å². The van der Waals surface area contributed by atoms with Crippen molar-refractivity contribution in [3.63, 3.8) is 0 Å². The third-order valence-corrected chi connectivity index (χ3v) is 1.95. The maximum absolute atomic E-state index is 11.9. The predicted molar refractivity (Wildman–Crippen MR) is 49.7 cm³/mol. The lowest BCUT2D eigenvalue weighted by Gasteiger charge is -2.03. The number of benzene rings is 1. The quantitative estimate of drug-likeness (QED) is 0.786. The number of aryl methyl sites for hydroxylation is 1. The second-order valence-corrected chi connectivity index (χ2v) is 3.08. The average Bonchev–Trinajstić information content (AvgIpc) is 2.42. The van der Waals surface area contributed by atoms with E-state index >= 15 is 0 Å². The fraction of sp³-hybridized carbons (Fsp3) is 0.200. The Labute approximate surface area is 79.5 Å². The van der Waals surface area contributed by atoms with E-state index in [-0.39, 0.29) is 5.75 Å². The molecule has 1 aromatic carbocycles. The highest BCUT2D eigenvalue weighted by Crippen LogP contribution is 2.22. The Morgan fingerprint density at radius 1 is 1.29 bits per heavy atom. The van der Waals surface area contributed by atoms with E-state index in [0.717, 1.165) is 16.6 Å². The molecule has 1 aromatic heterocycles. The van der Waals surface area contributed by atoms with Gasteiger partial charge in [0.05, 0.1) is 0 Å². The molecule has 0 aliphatic carbocycles. The van der Waals surface area contributed by atoms with Gasteiger partial charge in [0, 0.05) is 16.6 Å². The van der Waals surface area contributed by atoms with Crippen LogP contribution in [0.25, 0.3) is 10.9 Å². The topological polar surface area (TPSA) is 25.0 Å². The Morgan fingerprint density at radius 3 is 2.79 bits per heavy atom. The molecule has 0 fully saturated rings. The number of nitrogens with one attached hydrogen (secondary N) is 1.